The maximum atomic E-state index is 11.6. The summed E-state index contributed by atoms with van der Waals surface area (Å²) >= 11 is 0. The van der Waals surface area contributed by atoms with Gasteiger partial charge in [-0.1, -0.05) is 0 Å². The van der Waals surface area contributed by atoms with E-state index in [-0.39, 0.29) is 17.0 Å². The summed E-state index contributed by atoms with van der Waals surface area (Å²) in [6.07, 6.45) is 0.640. The van der Waals surface area contributed by atoms with Gasteiger partial charge in [0.15, 0.2) is 9.84 Å². The van der Waals surface area contributed by atoms with Crippen LogP contribution in [0.3, 0.4) is 0 Å². The van der Waals surface area contributed by atoms with Gasteiger partial charge in [0.1, 0.15) is 11.5 Å². The minimum atomic E-state index is -2.91. The van der Waals surface area contributed by atoms with Crippen LogP contribution in [0.15, 0.2) is 18.2 Å². The summed E-state index contributed by atoms with van der Waals surface area (Å²) in [5, 5.41) is 3.34. The van der Waals surface area contributed by atoms with Gasteiger partial charge in [-0.15, -0.1) is 0 Å². The van der Waals surface area contributed by atoms with Crippen molar-refractivity contribution in [2.45, 2.75) is 25.4 Å². The van der Waals surface area contributed by atoms with Crippen LogP contribution >= 0.6 is 0 Å². The Morgan fingerprint density at radius 3 is 2.60 bits per heavy atom. The quantitative estimate of drug-likeness (QED) is 0.889. The third-order valence-corrected chi connectivity index (χ3v) is 5.60. The number of nitrogens with one attached hydrogen (secondary N) is 1. The molecule has 1 unspecified atom stereocenters. The predicted octanol–water partition coefficient (Wildman–Crippen LogP) is 1.37. The molecule has 112 valence electrons. The van der Waals surface area contributed by atoms with Crippen molar-refractivity contribution in [3.05, 3.63) is 23.8 Å². The third-order valence-electron chi connectivity index (χ3n) is 3.70. The summed E-state index contributed by atoms with van der Waals surface area (Å²) in [5.74, 6) is 1.97. The second-order valence-corrected chi connectivity index (χ2v) is 7.62. The van der Waals surface area contributed by atoms with Gasteiger partial charge in [-0.05, 0) is 31.5 Å². The first kappa shape index (κ1) is 15.1. The Morgan fingerprint density at radius 1 is 1.30 bits per heavy atom. The molecule has 0 aromatic heterocycles. The molecule has 2 rings (SSSR count). The zero-order valence-electron chi connectivity index (χ0n) is 12.1. The van der Waals surface area contributed by atoms with Crippen LogP contribution < -0.4 is 14.8 Å². The van der Waals surface area contributed by atoms with Crippen LogP contribution in [-0.2, 0) is 16.4 Å². The van der Waals surface area contributed by atoms with Crippen LogP contribution in [0.1, 0.15) is 18.9 Å². The number of rotatable bonds is 5. The molecule has 1 saturated heterocycles. The van der Waals surface area contributed by atoms with E-state index in [2.05, 4.69) is 5.32 Å². The fraction of sp³-hybridized carbons (Fsp3) is 0.571. The molecule has 1 aliphatic heterocycles. The van der Waals surface area contributed by atoms with E-state index in [0.717, 1.165) is 17.1 Å². The first-order valence-electron chi connectivity index (χ1n) is 6.54. The summed E-state index contributed by atoms with van der Waals surface area (Å²) < 4.78 is 33.7. The van der Waals surface area contributed by atoms with Crippen LogP contribution in [0.5, 0.6) is 11.5 Å². The van der Waals surface area contributed by atoms with Crippen molar-refractivity contribution in [1.82, 2.24) is 5.32 Å². The Morgan fingerprint density at radius 2 is 2.05 bits per heavy atom. The molecule has 0 aliphatic carbocycles. The number of methoxy groups -OCH3 is 2. The highest BCUT2D eigenvalue weighted by Crippen LogP contribution is 2.27. The minimum absolute atomic E-state index is 0.187. The highest BCUT2D eigenvalue weighted by atomic mass is 32.2. The number of ether oxygens (including phenoxy) is 2. The van der Waals surface area contributed by atoms with Gasteiger partial charge in [-0.25, -0.2) is 8.42 Å². The van der Waals surface area contributed by atoms with E-state index in [1.165, 1.54) is 0 Å². The Labute approximate surface area is 120 Å². The molecule has 0 saturated carbocycles. The van der Waals surface area contributed by atoms with Gasteiger partial charge >= 0.3 is 0 Å². The predicted molar refractivity (Wildman–Crippen MR) is 78.1 cm³/mol. The topological polar surface area (TPSA) is 64.6 Å². The average molecular weight is 299 g/mol. The number of hydrogen-bond donors (Lipinski definition) is 1. The van der Waals surface area contributed by atoms with E-state index in [1.54, 1.807) is 14.2 Å². The molecule has 1 aliphatic rings. The molecule has 1 atom stereocenters. The molecule has 0 spiro atoms. The Kier molecular flexibility index (Phi) is 4.25. The summed E-state index contributed by atoms with van der Waals surface area (Å²) in [7, 11) is 0.328. The molecule has 5 nitrogen and oxygen atoms in total. The van der Waals surface area contributed by atoms with Crippen molar-refractivity contribution in [1.29, 1.82) is 0 Å². The zero-order valence-corrected chi connectivity index (χ0v) is 12.9. The van der Waals surface area contributed by atoms with E-state index >= 15 is 0 Å². The number of benzene rings is 1. The van der Waals surface area contributed by atoms with Crippen molar-refractivity contribution in [3.8, 4) is 11.5 Å². The maximum absolute atomic E-state index is 11.6. The summed E-state index contributed by atoms with van der Waals surface area (Å²) in [4.78, 5) is 0. The lowest BCUT2D eigenvalue weighted by Gasteiger charge is -2.24. The summed E-state index contributed by atoms with van der Waals surface area (Å²) in [6, 6.07) is 5.59. The van der Waals surface area contributed by atoms with E-state index < -0.39 is 9.84 Å². The lowest BCUT2D eigenvalue weighted by molar-refractivity contribution is 0.374. The molecule has 1 N–H and O–H groups in total. The Bertz CT molecular complexity index is 585. The van der Waals surface area contributed by atoms with Crippen LogP contribution in [0.2, 0.25) is 0 Å². The van der Waals surface area contributed by atoms with Crippen molar-refractivity contribution in [2.75, 3.05) is 25.7 Å². The normalized spacial score (nSPS) is 24.6. The van der Waals surface area contributed by atoms with Gasteiger partial charge in [0.05, 0.1) is 25.7 Å². The van der Waals surface area contributed by atoms with E-state index in [9.17, 15) is 8.42 Å². The first-order valence-corrected chi connectivity index (χ1v) is 8.36. The van der Waals surface area contributed by atoms with Gasteiger partial charge < -0.3 is 14.8 Å². The van der Waals surface area contributed by atoms with Gasteiger partial charge in [0.25, 0.3) is 0 Å². The monoisotopic (exact) mass is 299 g/mol. The van der Waals surface area contributed by atoms with Crippen molar-refractivity contribution < 1.29 is 17.9 Å². The zero-order chi connectivity index (χ0) is 14.8. The molecule has 6 heteroatoms. The standard InChI is InChI=1S/C14H21NO4S/c1-14(6-7-20(16,17)10-14)15-9-11-8-12(18-2)4-5-13(11)19-3/h4-5,8,15H,6-7,9-10H2,1-3H3. The third kappa shape index (κ3) is 3.43. The molecule has 0 radical (unpaired) electrons. The molecular weight excluding hydrogens is 278 g/mol. The van der Waals surface area contributed by atoms with Crippen LogP contribution in [0.25, 0.3) is 0 Å². The Hall–Kier alpha value is -1.27. The molecule has 0 amide bonds. The van der Waals surface area contributed by atoms with E-state index in [0.29, 0.717) is 13.0 Å². The second kappa shape index (κ2) is 5.61. The minimum Gasteiger partial charge on any atom is -0.497 e. The molecule has 1 aromatic carbocycles. The highest BCUT2D eigenvalue weighted by Gasteiger charge is 2.37. The molecule has 1 aromatic rings. The Balaban J connectivity index is 2.11. The highest BCUT2D eigenvalue weighted by molar-refractivity contribution is 7.91. The maximum Gasteiger partial charge on any atom is 0.152 e. The van der Waals surface area contributed by atoms with Crippen molar-refractivity contribution in [3.63, 3.8) is 0 Å². The van der Waals surface area contributed by atoms with Crippen LogP contribution in [0.4, 0.5) is 0 Å². The molecule has 0 bridgehead atoms. The summed E-state index contributed by atoms with van der Waals surface area (Å²) in [5.41, 5.74) is 0.588. The molecule has 1 fully saturated rings. The fourth-order valence-electron chi connectivity index (χ4n) is 2.48. The SMILES string of the molecule is COc1ccc(OC)c(CNC2(C)CCS(=O)(=O)C2)c1. The van der Waals surface area contributed by atoms with Gasteiger partial charge in [0.2, 0.25) is 0 Å². The van der Waals surface area contributed by atoms with Gasteiger partial charge in [0, 0.05) is 17.6 Å². The molecular formula is C14H21NO4S. The van der Waals surface area contributed by atoms with Crippen molar-refractivity contribution in [2.24, 2.45) is 0 Å². The van der Waals surface area contributed by atoms with E-state index in [1.807, 2.05) is 25.1 Å². The largest absolute Gasteiger partial charge is 0.497 e. The van der Waals surface area contributed by atoms with Gasteiger partial charge in [-0.2, -0.15) is 0 Å². The lowest BCUT2D eigenvalue weighted by Crippen LogP contribution is -2.42. The van der Waals surface area contributed by atoms with E-state index in [4.69, 9.17) is 9.47 Å². The van der Waals surface area contributed by atoms with Crippen molar-refractivity contribution >= 4 is 9.84 Å². The lowest BCUT2D eigenvalue weighted by atomic mass is 10.0. The number of hydrogen-bond acceptors (Lipinski definition) is 5. The first-order chi connectivity index (χ1) is 9.37. The molecule has 20 heavy (non-hydrogen) atoms. The number of sulfone groups is 1. The van der Waals surface area contributed by atoms with Gasteiger partial charge in [-0.3, -0.25) is 0 Å². The van der Waals surface area contributed by atoms with Crippen LogP contribution in [0, 0.1) is 0 Å². The fourth-order valence-corrected chi connectivity index (χ4v) is 4.60. The second-order valence-electron chi connectivity index (χ2n) is 5.43. The molecule has 1 heterocycles. The average Bonchev–Trinajstić information content (AvgIpc) is 2.70. The summed E-state index contributed by atoms with van der Waals surface area (Å²) in [6.45, 7) is 2.50. The van der Waals surface area contributed by atoms with Crippen LogP contribution in [-0.4, -0.2) is 39.7 Å². The smallest absolute Gasteiger partial charge is 0.152 e.